The third kappa shape index (κ3) is 6.04. The zero-order valence-electron chi connectivity index (χ0n) is 14.1. The van der Waals surface area contributed by atoms with Crippen molar-refractivity contribution in [2.45, 2.75) is 25.9 Å². The molecular weight excluding hydrogens is 358 g/mol. The molecule has 1 aromatic carbocycles. The van der Waals surface area contributed by atoms with Crippen LogP contribution < -0.4 is 4.74 Å². The minimum atomic E-state index is -4.26. The van der Waals surface area contributed by atoms with Crippen molar-refractivity contribution in [2.75, 3.05) is 20.3 Å². The molecule has 0 N–H and O–H groups in total. The fourth-order valence-corrected chi connectivity index (χ4v) is 1.87. The van der Waals surface area contributed by atoms with E-state index in [2.05, 4.69) is 4.74 Å². The highest BCUT2D eigenvalue weighted by molar-refractivity contribution is 5.97. The highest BCUT2D eigenvalue weighted by Gasteiger charge is 2.40. The van der Waals surface area contributed by atoms with Crippen LogP contribution >= 0.6 is 0 Å². The molecule has 0 aliphatic rings. The first-order valence-corrected chi connectivity index (χ1v) is 7.44. The first-order valence-electron chi connectivity index (χ1n) is 7.44. The van der Waals surface area contributed by atoms with E-state index in [1.165, 1.54) is 31.4 Å². The van der Waals surface area contributed by atoms with Gasteiger partial charge in [0.2, 0.25) is 0 Å². The molecule has 26 heavy (non-hydrogen) atoms. The Kier molecular flexibility index (Phi) is 8.06. The number of hydrogen-bond acceptors (Lipinski definition) is 5. The molecule has 0 radical (unpaired) electrons. The summed E-state index contributed by atoms with van der Waals surface area (Å²) < 4.78 is 64.5. The number of nitrogens with zero attached hydrogens (tertiary/aromatic N) is 1. The molecule has 0 saturated heterocycles. The van der Waals surface area contributed by atoms with Gasteiger partial charge in [-0.25, -0.2) is 13.6 Å². The van der Waals surface area contributed by atoms with Gasteiger partial charge in [0.15, 0.2) is 0 Å². The number of carbonyl (C=O) groups excluding carboxylic acids is 1. The molecule has 0 aliphatic heterocycles. The van der Waals surface area contributed by atoms with Crippen LogP contribution in [0.2, 0.25) is 0 Å². The first-order chi connectivity index (χ1) is 12.2. The molecule has 0 spiro atoms. The molecular formula is C17H17F4NO4. The van der Waals surface area contributed by atoms with Gasteiger partial charge >= 0.3 is 18.3 Å². The number of nitriles is 1. The number of methoxy groups -OCH3 is 1. The Morgan fingerprint density at radius 3 is 2.62 bits per heavy atom. The predicted octanol–water partition coefficient (Wildman–Crippen LogP) is 3.58. The van der Waals surface area contributed by atoms with Crippen molar-refractivity contribution < 1.29 is 36.6 Å². The van der Waals surface area contributed by atoms with Gasteiger partial charge in [0.25, 0.3) is 0 Å². The number of alkyl halides is 4. The van der Waals surface area contributed by atoms with Crippen LogP contribution in [-0.4, -0.2) is 38.6 Å². The minimum absolute atomic E-state index is 0.0951. The molecule has 0 amide bonds. The molecule has 0 aromatic heterocycles. The van der Waals surface area contributed by atoms with Crippen LogP contribution in [0.4, 0.5) is 17.6 Å². The summed E-state index contributed by atoms with van der Waals surface area (Å²) in [7, 11) is 1.33. The van der Waals surface area contributed by atoms with Crippen molar-refractivity contribution >= 4 is 12.0 Å². The van der Waals surface area contributed by atoms with E-state index in [4.69, 9.17) is 14.7 Å². The number of hydrogen-bond donors (Lipinski definition) is 0. The van der Waals surface area contributed by atoms with E-state index >= 15 is 0 Å². The van der Waals surface area contributed by atoms with E-state index in [-0.39, 0.29) is 23.5 Å². The summed E-state index contributed by atoms with van der Waals surface area (Å²) in [6.45, 7) is -0.197. The molecule has 0 aliphatic carbocycles. The smallest absolute Gasteiger partial charge is 0.348 e. The highest BCUT2D eigenvalue weighted by Crippen LogP contribution is 2.26. The van der Waals surface area contributed by atoms with E-state index < -0.39 is 31.5 Å². The van der Waals surface area contributed by atoms with Crippen LogP contribution in [0.5, 0.6) is 5.75 Å². The summed E-state index contributed by atoms with van der Waals surface area (Å²) in [6.07, 6.45) is -2.59. The fraction of sp³-hybridized carbons (Fsp3) is 0.412. The van der Waals surface area contributed by atoms with E-state index in [9.17, 15) is 22.4 Å². The van der Waals surface area contributed by atoms with Crippen molar-refractivity contribution in [3.05, 3.63) is 34.9 Å². The largest absolute Gasteiger partial charge is 0.496 e. The van der Waals surface area contributed by atoms with Gasteiger partial charge in [0, 0.05) is 5.56 Å². The van der Waals surface area contributed by atoms with Crippen molar-refractivity contribution in [3.8, 4) is 11.8 Å². The van der Waals surface area contributed by atoms with Crippen molar-refractivity contribution in [3.63, 3.8) is 0 Å². The molecule has 1 aromatic rings. The fourth-order valence-electron chi connectivity index (χ4n) is 1.87. The summed E-state index contributed by atoms with van der Waals surface area (Å²) in [5, 5.41) is 9.01. The summed E-state index contributed by atoms with van der Waals surface area (Å²) in [5.74, 6) is -4.79. The lowest BCUT2D eigenvalue weighted by Gasteiger charge is -2.16. The maximum Gasteiger partial charge on any atom is 0.348 e. The lowest BCUT2D eigenvalue weighted by molar-refractivity contribution is -0.168. The summed E-state index contributed by atoms with van der Waals surface area (Å²) in [4.78, 5) is 11.6. The van der Waals surface area contributed by atoms with E-state index in [0.29, 0.717) is 5.56 Å². The number of benzene rings is 1. The van der Waals surface area contributed by atoms with Crippen LogP contribution in [0.15, 0.2) is 23.8 Å². The second-order valence-electron chi connectivity index (χ2n) is 5.02. The van der Waals surface area contributed by atoms with Crippen molar-refractivity contribution in [1.82, 2.24) is 0 Å². The molecule has 1 rings (SSSR count). The summed E-state index contributed by atoms with van der Waals surface area (Å²) in [6, 6.07) is 6.12. The Labute approximate surface area is 147 Å². The number of esters is 1. The second kappa shape index (κ2) is 9.77. The third-order valence-electron chi connectivity index (χ3n) is 3.10. The Balaban J connectivity index is 2.98. The number of halogens is 4. The van der Waals surface area contributed by atoms with Crippen molar-refractivity contribution in [2.24, 2.45) is 0 Å². The normalized spacial score (nSPS) is 12.0. The molecule has 5 nitrogen and oxygen atoms in total. The Morgan fingerprint density at radius 2 is 2.08 bits per heavy atom. The zero-order valence-corrected chi connectivity index (χ0v) is 14.1. The maximum atomic E-state index is 12.9. The Bertz CT molecular complexity index is 698. The third-order valence-corrected chi connectivity index (χ3v) is 3.10. The van der Waals surface area contributed by atoms with Gasteiger partial charge in [-0.15, -0.1) is 0 Å². The van der Waals surface area contributed by atoms with Crippen LogP contribution in [0.25, 0.3) is 6.08 Å². The van der Waals surface area contributed by atoms with Crippen LogP contribution in [0.3, 0.4) is 0 Å². The minimum Gasteiger partial charge on any atom is -0.496 e. The first kappa shape index (κ1) is 21.4. The van der Waals surface area contributed by atoms with E-state index in [1.807, 2.05) is 0 Å². The van der Waals surface area contributed by atoms with Crippen LogP contribution in [0.1, 0.15) is 18.1 Å². The monoisotopic (exact) mass is 375 g/mol. The van der Waals surface area contributed by atoms with Gasteiger partial charge in [-0.2, -0.15) is 14.0 Å². The average molecular weight is 375 g/mol. The number of ether oxygens (including phenoxy) is 3. The van der Waals surface area contributed by atoms with E-state index in [0.717, 1.165) is 0 Å². The van der Waals surface area contributed by atoms with Gasteiger partial charge < -0.3 is 14.2 Å². The Hall–Kier alpha value is -2.60. The molecule has 0 bridgehead atoms. The van der Waals surface area contributed by atoms with Crippen LogP contribution in [0, 0.1) is 11.3 Å². The lowest BCUT2D eigenvalue weighted by atomic mass is 10.1. The molecule has 0 fully saturated rings. The zero-order chi connectivity index (χ0) is 19.7. The maximum absolute atomic E-state index is 12.9. The summed E-state index contributed by atoms with van der Waals surface area (Å²) in [5.41, 5.74) is 0.412. The van der Waals surface area contributed by atoms with Gasteiger partial charge in [0.1, 0.15) is 24.0 Å². The SMILES string of the molecule is CCOC(=O)C(C#N)=Cc1ccc(OC)c(COCC(F)(F)C(F)F)c1. The van der Waals surface area contributed by atoms with Gasteiger partial charge in [-0.05, 0) is 30.7 Å². The number of rotatable bonds is 9. The molecule has 0 unspecified atom stereocenters. The number of carbonyl (C=O) groups is 1. The standard InChI is InChI=1S/C17H17F4NO4/c1-3-26-15(23)12(8-22)6-11-4-5-14(24-2)13(7-11)9-25-10-17(20,21)16(18)19/h4-7,16H,3,9-10H2,1-2H3. The quantitative estimate of drug-likeness (QED) is 0.286. The molecule has 0 atom stereocenters. The van der Waals surface area contributed by atoms with Crippen LogP contribution in [-0.2, 0) is 20.9 Å². The van der Waals surface area contributed by atoms with Gasteiger partial charge in [0.05, 0.1) is 20.3 Å². The topological polar surface area (TPSA) is 68.6 Å². The lowest BCUT2D eigenvalue weighted by Crippen LogP contribution is -2.32. The van der Waals surface area contributed by atoms with Gasteiger partial charge in [-0.1, -0.05) is 6.07 Å². The second-order valence-corrected chi connectivity index (χ2v) is 5.02. The van der Waals surface area contributed by atoms with Gasteiger partial charge in [-0.3, -0.25) is 0 Å². The Morgan fingerprint density at radius 1 is 1.38 bits per heavy atom. The highest BCUT2D eigenvalue weighted by atomic mass is 19.3. The average Bonchev–Trinajstić information content (AvgIpc) is 2.59. The van der Waals surface area contributed by atoms with E-state index in [1.54, 1.807) is 13.0 Å². The molecule has 142 valence electrons. The summed E-state index contributed by atoms with van der Waals surface area (Å²) >= 11 is 0. The predicted molar refractivity (Wildman–Crippen MR) is 83.8 cm³/mol. The van der Waals surface area contributed by atoms with Crippen molar-refractivity contribution in [1.29, 1.82) is 5.26 Å². The molecule has 0 saturated carbocycles. The molecule has 0 heterocycles. The molecule has 9 heteroatoms.